The minimum atomic E-state index is -0.670. The first-order valence-electron chi connectivity index (χ1n) is 8.24. The summed E-state index contributed by atoms with van der Waals surface area (Å²) in [5, 5.41) is 16.4. The predicted octanol–water partition coefficient (Wildman–Crippen LogP) is 1.99. The maximum atomic E-state index is 12.7. The molecule has 2 aromatic rings. The molecule has 7 nitrogen and oxygen atoms in total. The average molecular weight is 344 g/mol. The lowest BCUT2D eigenvalue weighted by atomic mass is 9.97. The Bertz CT molecular complexity index is 823. The van der Waals surface area contributed by atoms with Gasteiger partial charge >= 0.3 is 0 Å². The van der Waals surface area contributed by atoms with Crippen LogP contribution in [0.5, 0.6) is 11.5 Å². The summed E-state index contributed by atoms with van der Waals surface area (Å²) in [4.78, 5) is 12.7. The maximum Gasteiger partial charge on any atom is 0.232 e. The van der Waals surface area contributed by atoms with E-state index < -0.39 is 11.0 Å². The minimum absolute atomic E-state index is 0.128. The number of aliphatic hydroxyl groups excluding tert-OH is 1. The molecular formula is C18H20N2O5. The van der Waals surface area contributed by atoms with E-state index in [-0.39, 0.29) is 19.3 Å². The van der Waals surface area contributed by atoms with Crippen LogP contribution in [0.1, 0.15) is 32.4 Å². The summed E-state index contributed by atoms with van der Waals surface area (Å²) in [6.07, 6.45) is 1.43. The fourth-order valence-electron chi connectivity index (χ4n) is 2.88. The number of hydrogen-bond acceptors (Lipinski definition) is 6. The standard InChI is InChI=1S/C18H20N2O5/c1-17(2,9-21)19-16(22)18(5-6-18)15-8-13(25-20-15)11-3-4-12-14(7-11)24-10-23-12/h3-4,7-8,21H,5-6,9-10H2,1-2H3,(H,19,22). The van der Waals surface area contributed by atoms with E-state index in [4.69, 9.17) is 14.0 Å². The minimum Gasteiger partial charge on any atom is -0.454 e. The van der Waals surface area contributed by atoms with Crippen molar-refractivity contribution in [2.45, 2.75) is 37.6 Å². The molecule has 1 saturated carbocycles. The summed E-state index contributed by atoms with van der Waals surface area (Å²) < 4.78 is 16.2. The van der Waals surface area contributed by atoms with Gasteiger partial charge in [-0.3, -0.25) is 4.79 Å². The Morgan fingerprint density at radius 3 is 2.76 bits per heavy atom. The molecule has 132 valence electrons. The number of ether oxygens (including phenoxy) is 2. The summed E-state index contributed by atoms with van der Waals surface area (Å²) in [6, 6.07) is 7.33. The highest BCUT2D eigenvalue weighted by Gasteiger charge is 2.54. The van der Waals surface area contributed by atoms with Crippen molar-refractivity contribution in [2.75, 3.05) is 13.4 Å². The van der Waals surface area contributed by atoms with Crippen molar-refractivity contribution in [1.29, 1.82) is 0 Å². The number of rotatable bonds is 5. The van der Waals surface area contributed by atoms with Crippen LogP contribution in [0.25, 0.3) is 11.3 Å². The van der Waals surface area contributed by atoms with Crippen LogP contribution in [0.3, 0.4) is 0 Å². The van der Waals surface area contributed by atoms with E-state index in [9.17, 15) is 9.90 Å². The second kappa shape index (κ2) is 5.49. The van der Waals surface area contributed by atoms with E-state index >= 15 is 0 Å². The first kappa shape index (κ1) is 16.0. The van der Waals surface area contributed by atoms with Crippen molar-refractivity contribution in [3.8, 4) is 22.8 Å². The number of hydrogen-bond donors (Lipinski definition) is 2. The third kappa shape index (κ3) is 2.74. The number of nitrogens with one attached hydrogen (secondary N) is 1. The Kier molecular flexibility index (Phi) is 3.50. The summed E-state index contributed by atoms with van der Waals surface area (Å²) >= 11 is 0. The van der Waals surface area contributed by atoms with Gasteiger partial charge in [0.25, 0.3) is 0 Å². The summed E-state index contributed by atoms with van der Waals surface area (Å²) in [7, 11) is 0. The Morgan fingerprint density at radius 2 is 2.04 bits per heavy atom. The van der Waals surface area contributed by atoms with Crippen molar-refractivity contribution >= 4 is 5.91 Å². The molecule has 0 bridgehead atoms. The molecule has 0 radical (unpaired) electrons. The summed E-state index contributed by atoms with van der Waals surface area (Å²) in [6.45, 7) is 3.64. The van der Waals surface area contributed by atoms with Crippen LogP contribution >= 0.6 is 0 Å². The number of amides is 1. The zero-order valence-electron chi connectivity index (χ0n) is 14.2. The van der Waals surface area contributed by atoms with Crippen molar-refractivity contribution in [3.05, 3.63) is 30.0 Å². The Morgan fingerprint density at radius 1 is 1.28 bits per heavy atom. The Balaban J connectivity index is 1.58. The molecule has 25 heavy (non-hydrogen) atoms. The monoisotopic (exact) mass is 344 g/mol. The van der Waals surface area contributed by atoms with Gasteiger partial charge in [0.2, 0.25) is 12.7 Å². The highest BCUT2D eigenvalue weighted by Crippen LogP contribution is 2.49. The number of benzene rings is 1. The number of carbonyl (C=O) groups is 1. The molecule has 1 aromatic carbocycles. The number of aromatic nitrogens is 1. The molecule has 1 aliphatic heterocycles. The van der Waals surface area contributed by atoms with Gasteiger partial charge in [-0.2, -0.15) is 0 Å². The van der Waals surface area contributed by atoms with Crippen LogP contribution in [0.2, 0.25) is 0 Å². The van der Waals surface area contributed by atoms with Crippen molar-refractivity contribution in [2.24, 2.45) is 0 Å². The van der Waals surface area contributed by atoms with Gasteiger partial charge in [-0.1, -0.05) is 5.16 Å². The Hall–Kier alpha value is -2.54. The van der Waals surface area contributed by atoms with E-state index in [1.807, 2.05) is 18.2 Å². The van der Waals surface area contributed by atoms with E-state index in [2.05, 4.69) is 10.5 Å². The highest BCUT2D eigenvalue weighted by molar-refractivity contribution is 5.91. The maximum absolute atomic E-state index is 12.7. The summed E-state index contributed by atoms with van der Waals surface area (Å²) in [5.74, 6) is 1.82. The molecule has 1 amide bonds. The van der Waals surface area contributed by atoms with Gasteiger partial charge < -0.3 is 24.4 Å². The first-order chi connectivity index (χ1) is 11.9. The van der Waals surface area contributed by atoms with Gasteiger partial charge in [0.1, 0.15) is 0 Å². The number of carbonyl (C=O) groups excluding carboxylic acids is 1. The van der Waals surface area contributed by atoms with Crippen molar-refractivity contribution in [3.63, 3.8) is 0 Å². The molecule has 0 spiro atoms. The lowest BCUT2D eigenvalue weighted by molar-refractivity contribution is -0.125. The first-order valence-corrected chi connectivity index (χ1v) is 8.24. The zero-order valence-corrected chi connectivity index (χ0v) is 14.2. The molecule has 1 fully saturated rings. The van der Waals surface area contributed by atoms with Crippen molar-refractivity contribution in [1.82, 2.24) is 10.5 Å². The number of nitrogens with zero attached hydrogens (tertiary/aromatic N) is 1. The fourth-order valence-corrected chi connectivity index (χ4v) is 2.88. The van der Waals surface area contributed by atoms with Gasteiger partial charge in [-0.05, 0) is 44.9 Å². The third-order valence-electron chi connectivity index (χ3n) is 4.69. The average Bonchev–Trinajstić information content (AvgIpc) is 3.05. The third-order valence-corrected chi connectivity index (χ3v) is 4.69. The van der Waals surface area contributed by atoms with Gasteiger partial charge in [-0.15, -0.1) is 0 Å². The smallest absolute Gasteiger partial charge is 0.232 e. The van der Waals surface area contributed by atoms with Gasteiger partial charge in [0.05, 0.1) is 23.3 Å². The molecule has 0 unspecified atom stereocenters. The molecule has 4 rings (SSSR count). The lowest BCUT2D eigenvalue weighted by Gasteiger charge is -2.26. The molecule has 0 atom stereocenters. The molecule has 2 aliphatic rings. The second-order valence-electron chi connectivity index (χ2n) is 7.22. The zero-order chi connectivity index (χ0) is 17.7. The van der Waals surface area contributed by atoms with Crippen LogP contribution in [0.15, 0.2) is 28.8 Å². The number of fused-ring (bicyclic) bond motifs is 1. The van der Waals surface area contributed by atoms with Crippen LogP contribution in [-0.2, 0) is 10.2 Å². The van der Waals surface area contributed by atoms with E-state index in [0.717, 1.165) is 5.56 Å². The summed E-state index contributed by atoms with van der Waals surface area (Å²) in [5.41, 5.74) is 0.0995. The number of aliphatic hydroxyl groups is 1. The Labute approximate surface area is 144 Å². The lowest BCUT2D eigenvalue weighted by Crippen LogP contribution is -2.50. The van der Waals surface area contributed by atoms with Gasteiger partial charge in [-0.25, -0.2) is 0 Å². The normalized spacial score (nSPS) is 17.4. The van der Waals surface area contributed by atoms with Crippen LogP contribution in [0, 0.1) is 0 Å². The molecule has 2 N–H and O–H groups in total. The second-order valence-corrected chi connectivity index (χ2v) is 7.22. The van der Waals surface area contributed by atoms with Gasteiger partial charge in [0, 0.05) is 11.6 Å². The van der Waals surface area contributed by atoms with E-state index in [1.54, 1.807) is 19.9 Å². The van der Waals surface area contributed by atoms with Crippen molar-refractivity contribution < 1.29 is 23.9 Å². The van der Waals surface area contributed by atoms with Crippen LogP contribution < -0.4 is 14.8 Å². The largest absolute Gasteiger partial charge is 0.454 e. The molecule has 1 aliphatic carbocycles. The predicted molar refractivity (Wildman–Crippen MR) is 88.3 cm³/mol. The highest BCUT2D eigenvalue weighted by atomic mass is 16.7. The quantitative estimate of drug-likeness (QED) is 0.861. The molecule has 1 aromatic heterocycles. The van der Waals surface area contributed by atoms with E-state index in [0.29, 0.717) is 35.8 Å². The molecular weight excluding hydrogens is 324 g/mol. The molecule has 7 heteroatoms. The fraction of sp³-hybridized carbons (Fsp3) is 0.444. The van der Waals surface area contributed by atoms with E-state index in [1.165, 1.54) is 0 Å². The van der Waals surface area contributed by atoms with Gasteiger partial charge in [0.15, 0.2) is 17.3 Å². The topological polar surface area (TPSA) is 93.8 Å². The van der Waals surface area contributed by atoms with Crippen LogP contribution in [-0.4, -0.2) is 35.1 Å². The SMILES string of the molecule is CC(C)(CO)NC(=O)C1(c2cc(-c3ccc4c(c3)OCO4)on2)CC1. The molecule has 0 saturated heterocycles. The van der Waals surface area contributed by atoms with Crippen LogP contribution in [0.4, 0.5) is 0 Å². The molecule has 2 heterocycles.